The Labute approximate surface area is 83.2 Å². The molecule has 72 valence electrons. The molecular weight excluding hydrogens is 186 g/mol. The Morgan fingerprint density at radius 3 is 3.08 bits per heavy atom. The van der Waals surface area contributed by atoms with Crippen molar-refractivity contribution in [1.29, 1.82) is 0 Å². The first-order chi connectivity index (χ1) is 6.29. The largest absolute Gasteiger partial charge is 0.330 e. The van der Waals surface area contributed by atoms with Gasteiger partial charge in [0.05, 0.1) is 16.9 Å². The molecule has 0 radical (unpaired) electrons. The lowest BCUT2D eigenvalue weighted by molar-refractivity contribution is 0.653. The highest BCUT2D eigenvalue weighted by Gasteiger charge is 2.02. The summed E-state index contributed by atoms with van der Waals surface area (Å²) < 4.78 is 1.86. The van der Waals surface area contributed by atoms with Crippen LogP contribution >= 0.6 is 11.6 Å². The molecule has 0 fully saturated rings. The van der Waals surface area contributed by atoms with Crippen LogP contribution in [0.15, 0.2) is 12.3 Å². The van der Waals surface area contributed by atoms with Crippen molar-refractivity contribution in [1.82, 2.24) is 9.78 Å². The van der Waals surface area contributed by atoms with E-state index in [0.717, 1.165) is 18.7 Å². The quantitative estimate of drug-likeness (QED) is 0.805. The number of nitrogens with two attached hydrogens (primary N) is 1. The van der Waals surface area contributed by atoms with E-state index < -0.39 is 0 Å². The molecule has 0 saturated carbocycles. The molecule has 0 atom stereocenters. The van der Waals surface area contributed by atoms with Crippen LogP contribution in [0.4, 0.5) is 0 Å². The van der Waals surface area contributed by atoms with Crippen LogP contribution in [0.3, 0.4) is 0 Å². The summed E-state index contributed by atoms with van der Waals surface area (Å²) in [5.74, 6) is 0. The Kier molecular flexibility index (Phi) is 3.99. The normalized spacial score (nSPS) is 11.3. The summed E-state index contributed by atoms with van der Waals surface area (Å²) in [5.41, 5.74) is 6.33. The molecule has 0 unspecified atom stereocenters. The molecule has 1 aromatic heterocycles. The van der Waals surface area contributed by atoms with E-state index in [0.29, 0.717) is 11.6 Å². The molecule has 0 spiro atoms. The third-order valence-corrected chi connectivity index (χ3v) is 2.03. The second-order valence-corrected chi connectivity index (χ2v) is 3.08. The first-order valence-corrected chi connectivity index (χ1v) is 4.75. The van der Waals surface area contributed by atoms with E-state index in [9.17, 15) is 0 Å². The highest BCUT2D eigenvalue weighted by molar-refractivity contribution is 6.31. The molecule has 0 aliphatic heterocycles. The summed E-state index contributed by atoms with van der Waals surface area (Å²) in [6.45, 7) is 3.52. The first-order valence-electron chi connectivity index (χ1n) is 4.37. The Morgan fingerprint density at radius 1 is 1.69 bits per heavy atom. The Hall–Kier alpha value is -0.800. The summed E-state index contributed by atoms with van der Waals surface area (Å²) in [6.07, 6.45) is 6.50. The molecule has 0 aliphatic carbocycles. The maximum atomic E-state index is 5.94. The fraction of sp³-hybridized carbons (Fsp3) is 0.444. The third kappa shape index (κ3) is 2.57. The van der Waals surface area contributed by atoms with Crippen molar-refractivity contribution in [2.45, 2.75) is 19.9 Å². The molecule has 0 bridgehead atoms. The number of aryl methyl sites for hydroxylation is 1. The first kappa shape index (κ1) is 10.3. The summed E-state index contributed by atoms with van der Waals surface area (Å²) >= 11 is 5.94. The highest BCUT2D eigenvalue weighted by Crippen LogP contribution is 2.16. The van der Waals surface area contributed by atoms with Gasteiger partial charge in [0.15, 0.2) is 0 Å². The van der Waals surface area contributed by atoms with Crippen LogP contribution in [0, 0.1) is 0 Å². The van der Waals surface area contributed by atoms with Crippen molar-refractivity contribution < 1.29 is 0 Å². The smallest absolute Gasteiger partial charge is 0.0859 e. The average Bonchev–Trinajstić information content (AvgIpc) is 2.48. The zero-order valence-corrected chi connectivity index (χ0v) is 8.46. The zero-order chi connectivity index (χ0) is 9.68. The number of nitrogens with zero attached hydrogens (tertiary/aromatic N) is 2. The molecule has 3 nitrogen and oxygen atoms in total. The van der Waals surface area contributed by atoms with Crippen LogP contribution in [-0.4, -0.2) is 16.3 Å². The van der Waals surface area contributed by atoms with Gasteiger partial charge in [0, 0.05) is 6.54 Å². The van der Waals surface area contributed by atoms with Crippen LogP contribution < -0.4 is 5.73 Å². The summed E-state index contributed by atoms with van der Waals surface area (Å²) in [5, 5.41) is 4.81. The van der Waals surface area contributed by atoms with Crippen molar-refractivity contribution in [2.75, 3.05) is 6.54 Å². The molecule has 0 saturated heterocycles. The van der Waals surface area contributed by atoms with Crippen molar-refractivity contribution >= 4 is 17.7 Å². The van der Waals surface area contributed by atoms with Crippen LogP contribution in [0.5, 0.6) is 0 Å². The molecule has 0 aromatic carbocycles. The van der Waals surface area contributed by atoms with Gasteiger partial charge in [-0.15, -0.1) is 0 Å². The van der Waals surface area contributed by atoms with E-state index in [2.05, 4.69) is 5.10 Å². The maximum absolute atomic E-state index is 5.94. The lowest BCUT2D eigenvalue weighted by atomic mass is 10.3. The van der Waals surface area contributed by atoms with E-state index in [1.54, 1.807) is 6.20 Å². The number of aromatic nitrogens is 2. The van der Waals surface area contributed by atoms with Gasteiger partial charge in [-0.1, -0.05) is 17.7 Å². The monoisotopic (exact) mass is 199 g/mol. The van der Waals surface area contributed by atoms with E-state index in [-0.39, 0.29) is 0 Å². The van der Waals surface area contributed by atoms with Gasteiger partial charge < -0.3 is 5.73 Å². The SMILES string of the molecule is CCn1ncc(Cl)c1/C=C/CCN. The minimum absolute atomic E-state index is 0.661. The maximum Gasteiger partial charge on any atom is 0.0859 e. The molecule has 1 heterocycles. The van der Waals surface area contributed by atoms with E-state index in [1.807, 2.05) is 23.8 Å². The molecule has 0 aliphatic rings. The van der Waals surface area contributed by atoms with Gasteiger partial charge in [0.1, 0.15) is 0 Å². The molecule has 13 heavy (non-hydrogen) atoms. The molecule has 2 N–H and O–H groups in total. The fourth-order valence-electron chi connectivity index (χ4n) is 1.08. The number of hydrogen-bond donors (Lipinski definition) is 1. The van der Waals surface area contributed by atoms with Crippen LogP contribution in [0.2, 0.25) is 5.02 Å². The molecule has 0 amide bonds. The second kappa shape index (κ2) is 5.04. The minimum Gasteiger partial charge on any atom is -0.330 e. The number of rotatable bonds is 4. The van der Waals surface area contributed by atoms with Crippen molar-refractivity contribution in [2.24, 2.45) is 5.73 Å². The van der Waals surface area contributed by atoms with Gasteiger partial charge >= 0.3 is 0 Å². The number of hydrogen-bond acceptors (Lipinski definition) is 2. The van der Waals surface area contributed by atoms with Crippen LogP contribution in [0.1, 0.15) is 19.0 Å². The van der Waals surface area contributed by atoms with Gasteiger partial charge in [-0.25, -0.2) is 0 Å². The second-order valence-electron chi connectivity index (χ2n) is 2.67. The van der Waals surface area contributed by atoms with E-state index in [4.69, 9.17) is 17.3 Å². The summed E-state index contributed by atoms with van der Waals surface area (Å²) in [6, 6.07) is 0. The van der Waals surface area contributed by atoms with Gasteiger partial charge in [-0.3, -0.25) is 4.68 Å². The number of halogens is 1. The third-order valence-electron chi connectivity index (χ3n) is 1.74. The Morgan fingerprint density at radius 2 is 2.46 bits per heavy atom. The van der Waals surface area contributed by atoms with Crippen LogP contribution in [-0.2, 0) is 6.54 Å². The predicted molar refractivity (Wildman–Crippen MR) is 55.6 cm³/mol. The molecule has 1 rings (SSSR count). The summed E-state index contributed by atoms with van der Waals surface area (Å²) in [7, 11) is 0. The van der Waals surface area contributed by atoms with E-state index >= 15 is 0 Å². The lowest BCUT2D eigenvalue weighted by Crippen LogP contribution is -1.99. The average molecular weight is 200 g/mol. The Bertz CT molecular complexity index is 291. The molecule has 4 heteroatoms. The van der Waals surface area contributed by atoms with E-state index in [1.165, 1.54) is 0 Å². The predicted octanol–water partition coefficient (Wildman–Crippen LogP) is 1.92. The van der Waals surface area contributed by atoms with Gasteiger partial charge in [0.25, 0.3) is 0 Å². The summed E-state index contributed by atoms with van der Waals surface area (Å²) in [4.78, 5) is 0. The molecule has 1 aromatic rings. The van der Waals surface area contributed by atoms with Crippen LogP contribution in [0.25, 0.3) is 6.08 Å². The van der Waals surface area contributed by atoms with Crippen molar-refractivity contribution in [3.05, 3.63) is 23.0 Å². The van der Waals surface area contributed by atoms with Crippen molar-refractivity contribution in [3.63, 3.8) is 0 Å². The van der Waals surface area contributed by atoms with Crippen molar-refractivity contribution in [3.8, 4) is 0 Å². The lowest BCUT2D eigenvalue weighted by Gasteiger charge is -1.99. The van der Waals surface area contributed by atoms with Gasteiger partial charge in [0.2, 0.25) is 0 Å². The Balaban J connectivity index is 2.79. The minimum atomic E-state index is 0.661. The zero-order valence-electron chi connectivity index (χ0n) is 7.70. The van der Waals surface area contributed by atoms with Gasteiger partial charge in [-0.05, 0) is 26.0 Å². The standard InChI is InChI=1S/C9H14ClN3/c1-2-13-9(5-3-4-6-11)8(10)7-12-13/h3,5,7H,2,4,6,11H2,1H3/b5-3+. The molecular formula is C9H14ClN3. The van der Waals surface area contributed by atoms with Gasteiger partial charge in [-0.2, -0.15) is 5.10 Å². The topological polar surface area (TPSA) is 43.8 Å². The fourth-order valence-corrected chi connectivity index (χ4v) is 1.29. The highest BCUT2D eigenvalue weighted by atomic mass is 35.5.